The first-order chi connectivity index (χ1) is 7.63. The Hall–Kier alpha value is -1.49. The number of furan rings is 1. The summed E-state index contributed by atoms with van der Waals surface area (Å²) < 4.78 is 10.7. The van der Waals surface area contributed by atoms with Crippen LogP contribution in [0.5, 0.6) is 5.75 Å². The fourth-order valence-electron chi connectivity index (χ4n) is 1.45. The second-order valence-corrected chi connectivity index (χ2v) is 4.09. The van der Waals surface area contributed by atoms with Crippen molar-refractivity contribution in [1.29, 1.82) is 0 Å². The van der Waals surface area contributed by atoms with Crippen LogP contribution in [-0.2, 0) is 4.74 Å². The highest BCUT2D eigenvalue weighted by Gasteiger charge is 2.17. The molecule has 1 heterocycles. The summed E-state index contributed by atoms with van der Waals surface area (Å²) in [5.41, 5.74) is 0.597. The maximum atomic E-state index is 11.6. The van der Waals surface area contributed by atoms with Gasteiger partial charge in [0, 0.05) is 9.86 Å². The van der Waals surface area contributed by atoms with Crippen LogP contribution >= 0.6 is 15.9 Å². The van der Waals surface area contributed by atoms with Crippen LogP contribution in [0.2, 0.25) is 0 Å². The van der Waals surface area contributed by atoms with Crippen molar-refractivity contribution < 1.29 is 19.1 Å². The molecule has 0 bridgehead atoms. The Kier molecular flexibility index (Phi) is 2.87. The molecule has 16 heavy (non-hydrogen) atoms. The van der Waals surface area contributed by atoms with Crippen molar-refractivity contribution in [2.45, 2.75) is 6.92 Å². The Bertz CT molecular complexity index is 544. The fraction of sp³-hybridized carbons (Fsp3) is 0.182. The molecule has 1 aromatic heterocycles. The molecule has 1 aromatic carbocycles. The summed E-state index contributed by atoms with van der Waals surface area (Å²) >= 11 is 3.24. The number of phenolic OH excluding ortho intramolecular Hbond substituents is 1. The highest BCUT2D eigenvalue weighted by atomic mass is 79.9. The molecule has 0 aliphatic rings. The normalized spacial score (nSPS) is 10.6. The molecular formula is C11H9BrO4. The van der Waals surface area contributed by atoms with Crippen LogP contribution in [0, 0.1) is 0 Å². The molecule has 84 valence electrons. The summed E-state index contributed by atoms with van der Waals surface area (Å²) in [4.78, 5) is 11.6. The van der Waals surface area contributed by atoms with Gasteiger partial charge in [-0.2, -0.15) is 0 Å². The number of fused-ring (bicyclic) bond motifs is 1. The molecule has 0 aliphatic carbocycles. The van der Waals surface area contributed by atoms with Crippen molar-refractivity contribution in [3.05, 3.63) is 28.4 Å². The predicted octanol–water partition coefficient (Wildman–Crippen LogP) is 3.08. The number of carbonyl (C=O) groups is 1. The molecular weight excluding hydrogens is 276 g/mol. The second kappa shape index (κ2) is 4.17. The van der Waals surface area contributed by atoms with Crippen molar-refractivity contribution >= 4 is 32.9 Å². The van der Waals surface area contributed by atoms with Gasteiger partial charge >= 0.3 is 5.97 Å². The zero-order valence-electron chi connectivity index (χ0n) is 8.49. The van der Waals surface area contributed by atoms with Crippen LogP contribution < -0.4 is 0 Å². The van der Waals surface area contributed by atoms with E-state index in [2.05, 4.69) is 15.9 Å². The summed E-state index contributed by atoms with van der Waals surface area (Å²) in [5, 5.41) is 10.1. The third kappa shape index (κ3) is 1.78. The Morgan fingerprint density at radius 2 is 2.31 bits per heavy atom. The van der Waals surface area contributed by atoms with Gasteiger partial charge in [-0.25, -0.2) is 4.79 Å². The van der Waals surface area contributed by atoms with Crippen LogP contribution in [0.15, 0.2) is 27.3 Å². The highest BCUT2D eigenvalue weighted by molar-refractivity contribution is 9.10. The van der Waals surface area contributed by atoms with Gasteiger partial charge in [0.25, 0.3) is 0 Å². The Morgan fingerprint density at radius 1 is 1.56 bits per heavy atom. The molecule has 0 amide bonds. The Labute approximate surface area is 99.9 Å². The van der Waals surface area contributed by atoms with Crippen molar-refractivity contribution in [3.8, 4) is 5.75 Å². The monoisotopic (exact) mass is 284 g/mol. The molecule has 1 N–H and O–H groups in total. The lowest BCUT2D eigenvalue weighted by molar-refractivity contribution is 0.0527. The molecule has 2 rings (SSSR count). The van der Waals surface area contributed by atoms with E-state index in [4.69, 9.17) is 9.15 Å². The van der Waals surface area contributed by atoms with Crippen LogP contribution in [-0.4, -0.2) is 17.7 Å². The van der Waals surface area contributed by atoms with E-state index in [-0.39, 0.29) is 11.3 Å². The first-order valence-corrected chi connectivity index (χ1v) is 5.49. The molecule has 0 spiro atoms. The van der Waals surface area contributed by atoms with Gasteiger partial charge in [-0.15, -0.1) is 0 Å². The third-order valence-electron chi connectivity index (χ3n) is 2.11. The molecule has 0 saturated carbocycles. The third-order valence-corrected chi connectivity index (χ3v) is 2.57. The van der Waals surface area contributed by atoms with Gasteiger partial charge in [0.15, 0.2) is 11.3 Å². The predicted molar refractivity (Wildman–Crippen MR) is 61.5 cm³/mol. The van der Waals surface area contributed by atoms with E-state index in [1.54, 1.807) is 13.0 Å². The number of benzene rings is 1. The van der Waals surface area contributed by atoms with E-state index in [9.17, 15) is 9.90 Å². The van der Waals surface area contributed by atoms with E-state index in [0.717, 1.165) is 0 Å². The van der Waals surface area contributed by atoms with Crippen LogP contribution in [0.4, 0.5) is 0 Å². The molecule has 0 radical (unpaired) electrons. The molecule has 4 nitrogen and oxygen atoms in total. The van der Waals surface area contributed by atoms with E-state index in [0.29, 0.717) is 22.0 Å². The first-order valence-electron chi connectivity index (χ1n) is 4.70. The minimum Gasteiger partial charge on any atom is -0.504 e. The number of phenols is 1. The number of hydrogen-bond donors (Lipinski definition) is 1. The lowest BCUT2D eigenvalue weighted by atomic mass is 10.2. The van der Waals surface area contributed by atoms with Crippen LogP contribution in [0.3, 0.4) is 0 Å². The van der Waals surface area contributed by atoms with E-state index >= 15 is 0 Å². The summed E-state index contributed by atoms with van der Waals surface area (Å²) in [5.74, 6) is -0.473. The van der Waals surface area contributed by atoms with Gasteiger partial charge in [-0.1, -0.05) is 15.9 Å². The Morgan fingerprint density at radius 3 is 3.00 bits per heavy atom. The van der Waals surface area contributed by atoms with E-state index in [1.807, 2.05) is 0 Å². The number of ether oxygens (including phenoxy) is 1. The summed E-state index contributed by atoms with van der Waals surface area (Å²) in [7, 11) is 0. The van der Waals surface area contributed by atoms with Gasteiger partial charge in [0.05, 0.1) is 6.61 Å². The molecule has 0 aliphatic heterocycles. The minimum absolute atomic E-state index is 0.0140. The first kappa shape index (κ1) is 11.0. The van der Waals surface area contributed by atoms with Crippen molar-refractivity contribution in [3.63, 3.8) is 0 Å². The van der Waals surface area contributed by atoms with Gasteiger partial charge in [0.1, 0.15) is 11.8 Å². The molecule has 0 unspecified atom stereocenters. The molecule has 0 atom stereocenters. The standard InChI is InChI=1S/C11H9BrO4/c1-2-15-11(14)8-5-16-10-7(8)3-6(12)4-9(10)13/h3-5,13H,2H2,1H3. The molecule has 0 saturated heterocycles. The second-order valence-electron chi connectivity index (χ2n) is 3.17. The van der Waals surface area contributed by atoms with Crippen molar-refractivity contribution in [2.75, 3.05) is 6.61 Å². The van der Waals surface area contributed by atoms with Crippen LogP contribution in [0.25, 0.3) is 11.0 Å². The molecule has 2 aromatic rings. The number of carbonyl (C=O) groups excluding carboxylic acids is 1. The fourth-order valence-corrected chi connectivity index (χ4v) is 1.90. The number of aromatic hydroxyl groups is 1. The van der Waals surface area contributed by atoms with Crippen LogP contribution in [0.1, 0.15) is 17.3 Å². The largest absolute Gasteiger partial charge is 0.504 e. The zero-order valence-corrected chi connectivity index (χ0v) is 10.1. The van der Waals surface area contributed by atoms with Crippen molar-refractivity contribution in [2.24, 2.45) is 0 Å². The zero-order chi connectivity index (χ0) is 11.7. The maximum absolute atomic E-state index is 11.6. The maximum Gasteiger partial charge on any atom is 0.342 e. The van der Waals surface area contributed by atoms with E-state index < -0.39 is 5.97 Å². The molecule has 0 fully saturated rings. The van der Waals surface area contributed by atoms with Gasteiger partial charge in [-0.05, 0) is 19.1 Å². The minimum atomic E-state index is -0.459. The van der Waals surface area contributed by atoms with Crippen molar-refractivity contribution in [1.82, 2.24) is 0 Å². The topological polar surface area (TPSA) is 59.7 Å². The number of halogens is 1. The van der Waals surface area contributed by atoms with E-state index in [1.165, 1.54) is 12.3 Å². The van der Waals surface area contributed by atoms with Gasteiger partial charge in [-0.3, -0.25) is 0 Å². The lowest BCUT2D eigenvalue weighted by Gasteiger charge is -1.99. The Balaban J connectivity index is 2.60. The number of esters is 1. The number of rotatable bonds is 2. The average Bonchev–Trinajstić information content (AvgIpc) is 2.61. The number of hydrogen-bond acceptors (Lipinski definition) is 4. The van der Waals surface area contributed by atoms with Gasteiger partial charge in [0.2, 0.25) is 0 Å². The SMILES string of the molecule is CCOC(=O)c1coc2c(O)cc(Br)cc12. The highest BCUT2D eigenvalue weighted by Crippen LogP contribution is 2.32. The smallest absolute Gasteiger partial charge is 0.342 e. The quantitative estimate of drug-likeness (QED) is 0.861. The summed E-state index contributed by atoms with van der Waals surface area (Å²) in [6, 6.07) is 3.20. The average molecular weight is 285 g/mol. The lowest BCUT2D eigenvalue weighted by Crippen LogP contribution is -2.03. The summed E-state index contributed by atoms with van der Waals surface area (Å²) in [6.07, 6.45) is 1.29. The van der Waals surface area contributed by atoms with Gasteiger partial charge < -0.3 is 14.3 Å². The molecule has 5 heteroatoms. The summed E-state index contributed by atoms with van der Waals surface area (Å²) in [6.45, 7) is 2.03.